The highest BCUT2D eigenvalue weighted by Gasteiger charge is 2.39. The van der Waals surface area contributed by atoms with E-state index in [0.717, 1.165) is 25.8 Å². The summed E-state index contributed by atoms with van der Waals surface area (Å²) in [5.74, 6) is -0.0128. The Kier molecular flexibility index (Phi) is 3.52. The Morgan fingerprint density at radius 2 is 2.33 bits per heavy atom. The second kappa shape index (κ2) is 4.94. The summed E-state index contributed by atoms with van der Waals surface area (Å²) < 4.78 is 1.45. The van der Waals surface area contributed by atoms with Crippen LogP contribution in [-0.4, -0.2) is 22.6 Å². The fourth-order valence-electron chi connectivity index (χ4n) is 2.38. The van der Waals surface area contributed by atoms with Crippen LogP contribution in [-0.2, 0) is 11.8 Å². The molecular weight excluding hydrogens is 230 g/mol. The lowest BCUT2D eigenvalue weighted by molar-refractivity contribution is -0.122. The average molecular weight is 249 g/mol. The van der Waals surface area contributed by atoms with Gasteiger partial charge in [0.15, 0.2) is 0 Å². The predicted octanol–water partition coefficient (Wildman–Crippen LogP) is 0.856. The van der Waals surface area contributed by atoms with Crippen LogP contribution in [0.5, 0.6) is 0 Å². The molecule has 2 N–H and O–H groups in total. The first kappa shape index (κ1) is 12.8. The van der Waals surface area contributed by atoms with E-state index in [9.17, 15) is 9.59 Å². The second-order valence-corrected chi connectivity index (χ2v) is 4.79. The van der Waals surface area contributed by atoms with Crippen molar-refractivity contribution in [2.75, 3.05) is 11.9 Å². The van der Waals surface area contributed by atoms with Gasteiger partial charge in [-0.15, -0.1) is 0 Å². The van der Waals surface area contributed by atoms with Crippen LogP contribution in [0.2, 0.25) is 0 Å². The number of carbonyl (C=O) groups is 1. The predicted molar refractivity (Wildman–Crippen MR) is 70.6 cm³/mol. The summed E-state index contributed by atoms with van der Waals surface area (Å²) in [6, 6.07) is 3.09. The molecule has 1 aromatic rings. The Morgan fingerprint density at radius 1 is 1.56 bits per heavy atom. The molecule has 0 radical (unpaired) electrons. The van der Waals surface area contributed by atoms with Crippen molar-refractivity contribution in [1.29, 1.82) is 0 Å². The third-order valence-electron chi connectivity index (χ3n) is 3.63. The van der Waals surface area contributed by atoms with Crippen molar-refractivity contribution in [3.63, 3.8) is 0 Å². The number of nitrogens with zero attached hydrogens (tertiary/aromatic N) is 1. The molecule has 5 heteroatoms. The van der Waals surface area contributed by atoms with Crippen molar-refractivity contribution in [2.24, 2.45) is 7.05 Å². The minimum atomic E-state index is -0.450. The summed E-state index contributed by atoms with van der Waals surface area (Å²) in [6.07, 6.45) is 4.29. The Morgan fingerprint density at radius 3 is 2.89 bits per heavy atom. The quantitative estimate of drug-likeness (QED) is 0.835. The van der Waals surface area contributed by atoms with E-state index >= 15 is 0 Å². The zero-order chi connectivity index (χ0) is 13.2. The van der Waals surface area contributed by atoms with Gasteiger partial charge in [-0.1, -0.05) is 6.92 Å². The molecular formula is C13H19N3O2. The summed E-state index contributed by atoms with van der Waals surface area (Å²) >= 11 is 0. The first-order valence-electron chi connectivity index (χ1n) is 6.30. The number of pyridine rings is 1. The first-order chi connectivity index (χ1) is 8.57. The molecule has 1 saturated heterocycles. The average Bonchev–Trinajstić information content (AvgIpc) is 2.84. The molecule has 0 aromatic carbocycles. The van der Waals surface area contributed by atoms with Gasteiger partial charge in [-0.2, -0.15) is 0 Å². The summed E-state index contributed by atoms with van der Waals surface area (Å²) in [5.41, 5.74) is 0.121. The topological polar surface area (TPSA) is 63.1 Å². The molecule has 5 nitrogen and oxygen atoms in total. The van der Waals surface area contributed by atoms with Crippen molar-refractivity contribution in [2.45, 2.75) is 31.7 Å². The SMILES string of the molecule is CCC1(C(=O)Nc2ccc(=O)n(C)c2)CCCN1. The van der Waals surface area contributed by atoms with Gasteiger partial charge in [0.25, 0.3) is 0 Å². The van der Waals surface area contributed by atoms with E-state index < -0.39 is 5.54 Å². The normalized spacial score (nSPS) is 23.0. The van der Waals surface area contributed by atoms with Gasteiger partial charge in [0.2, 0.25) is 11.5 Å². The zero-order valence-corrected chi connectivity index (χ0v) is 10.8. The maximum absolute atomic E-state index is 12.3. The lowest BCUT2D eigenvalue weighted by Gasteiger charge is -2.26. The Balaban J connectivity index is 2.15. The van der Waals surface area contributed by atoms with Crippen molar-refractivity contribution in [3.8, 4) is 0 Å². The highest BCUT2D eigenvalue weighted by Crippen LogP contribution is 2.24. The number of carbonyl (C=O) groups excluding carboxylic acids is 1. The molecule has 2 heterocycles. The van der Waals surface area contributed by atoms with Gasteiger partial charge >= 0.3 is 0 Å². The van der Waals surface area contributed by atoms with Gasteiger partial charge in [0, 0.05) is 19.3 Å². The van der Waals surface area contributed by atoms with E-state index in [1.54, 1.807) is 19.3 Å². The molecule has 1 unspecified atom stereocenters. The smallest absolute Gasteiger partial charge is 0.250 e. The fourth-order valence-corrected chi connectivity index (χ4v) is 2.38. The number of nitrogens with one attached hydrogen (secondary N) is 2. The Labute approximate surface area is 106 Å². The van der Waals surface area contributed by atoms with E-state index in [1.807, 2.05) is 6.92 Å². The van der Waals surface area contributed by atoms with Crippen LogP contribution < -0.4 is 16.2 Å². The van der Waals surface area contributed by atoms with Crippen LogP contribution in [0.1, 0.15) is 26.2 Å². The van der Waals surface area contributed by atoms with Crippen molar-refractivity contribution in [3.05, 3.63) is 28.7 Å². The fraction of sp³-hybridized carbons (Fsp3) is 0.538. The number of anilines is 1. The summed E-state index contributed by atoms with van der Waals surface area (Å²) in [7, 11) is 1.67. The second-order valence-electron chi connectivity index (χ2n) is 4.79. The van der Waals surface area contributed by atoms with E-state index in [4.69, 9.17) is 0 Å². The zero-order valence-electron chi connectivity index (χ0n) is 10.8. The Hall–Kier alpha value is -1.62. The van der Waals surface area contributed by atoms with E-state index in [2.05, 4.69) is 10.6 Å². The van der Waals surface area contributed by atoms with E-state index in [1.165, 1.54) is 10.6 Å². The van der Waals surface area contributed by atoms with Crippen LogP contribution in [0, 0.1) is 0 Å². The van der Waals surface area contributed by atoms with Gasteiger partial charge in [-0.25, -0.2) is 0 Å². The molecule has 1 aliphatic rings. The van der Waals surface area contributed by atoms with E-state index in [0.29, 0.717) is 5.69 Å². The number of hydrogen-bond donors (Lipinski definition) is 2. The molecule has 1 aliphatic heterocycles. The lowest BCUT2D eigenvalue weighted by atomic mass is 9.93. The highest BCUT2D eigenvalue weighted by molar-refractivity contribution is 5.98. The molecule has 0 bridgehead atoms. The minimum absolute atomic E-state index is 0.0128. The van der Waals surface area contributed by atoms with Gasteiger partial charge in [-0.05, 0) is 31.9 Å². The summed E-state index contributed by atoms with van der Waals surface area (Å²) in [4.78, 5) is 23.6. The number of rotatable bonds is 3. The van der Waals surface area contributed by atoms with Crippen molar-refractivity contribution >= 4 is 11.6 Å². The number of amides is 1. The minimum Gasteiger partial charge on any atom is -0.323 e. The maximum Gasteiger partial charge on any atom is 0.250 e. The Bertz CT molecular complexity index is 501. The third-order valence-corrected chi connectivity index (χ3v) is 3.63. The number of aryl methyl sites for hydroxylation is 1. The molecule has 18 heavy (non-hydrogen) atoms. The van der Waals surface area contributed by atoms with Gasteiger partial charge < -0.3 is 15.2 Å². The monoisotopic (exact) mass is 249 g/mol. The highest BCUT2D eigenvalue weighted by atomic mass is 16.2. The molecule has 1 aromatic heterocycles. The molecule has 1 amide bonds. The molecule has 1 atom stereocenters. The number of aromatic nitrogens is 1. The van der Waals surface area contributed by atoms with Crippen LogP contribution in [0.15, 0.2) is 23.1 Å². The van der Waals surface area contributed by atoms with Crippen LogP contribution in [0.4, 0.5) is 5.69 Å². The van der Waals surface area contributed by atoms with Crippen LogP contribution in [0.3, 0.4) is 0 Å². The van der Waals surface area contributed by atoms with Crippen LogP contribution in [0.25, 0.3) is 0 Å². The summed E-state index contributed by atoms with van der Waals surface area (Å²) in [5, 5.41) is 6.17. The first-order valence-corrected chi connectivity index (χ1v) is 6.30. The largest absolute Gasteiger partial charge is 0.323 e. The molecule has 98 valence electrons. The van der Waals surface area contributed by atoms with Gasteiger partial charge in [0.1, 0.15) is 0 Å². The summed E-state index contributed by atoms with van der Waals surface area (Å²) in [6.45, 7) is 2.90. The van der Waals surface area contributed by atoms with Crippen LogP contribution >= 0.6 is 0 Å². The van der Waals surface area contributed by atoms with Crippen molar-refractivity contribution in [1.82, 2.24) is 9.88 Å². The molecule has 0 spiro atoms. The van der Waals surface area contributed by atoms with Crippen molar-refractivity contribution < 1.29 is 4.79 Å². The number of hydrogen-bond acceptors (Lipinski definition) is 3. The van der Waals surface area contributed by atoms with Gasteiger partial charge in [-0.3, -0.25) is 9.59 Å². The van der Waals surface area contributed by atoms with E-state index in [-0.39, 0.29) is 11.5 Å². The molecule has 0 aliphatic carbocycles. The third kappa shape index (κ3) is 2.31. The molecule has 0 saturated carbocycles. The molecule has 1 fully saturated rings. The molecule has 2 rings (SSSR count). The standard InChI is InChI=1S/C13H19N3O2/c1-3-13(7-4-8-14-13)12(18)15-10-5-6-11(17)16(2)9-10/h5-6,9,14H,3-4,7-8H2,1-2H3,(H,15,18). The maximum atomic E-state index is 12.3. The van der Waals surface area contributed by atoms with Gasteiger partial charge in [0.05, 0.1) is 11.2 Å². The lowest BCUT2D eigenvalue weighted by Crippen LogP contribution is -2.50.